The van der Waals surface area contributed by atoms with Crippen molar-refractivity contribution in [3.63, 3.8) is 0 Å². The predicted octanol–water partition coefficient (Wildman–Crippen LogP) is 1.73. The van der Waals surface area contributed by atoms with E-state index in [0.717, 1.165) is 18.5 Å². The zero-order valence-corrected chi connectivity index (χ0v) is 8.80. The molecule has 0 heterocycles. The van der Waals surface area contributed by atoms with Gasteiger partial charge in [-0.1, -0.05) is 0 Å². The molecule has 86 valence electrons. The van der Waals surface area contributed by atoms with Gasteiger partial charge in [0.2, 0.25) is 0 Å². The number of hydrogen-bond acceptors (Lipinski definition) is 5. The van der Waals surface area contributed by atoms with Crippen molar-refractivity contribution in [3.05, 3.63) is 34.4 Å². The second kappa shape index (κ2) is 6.52. The molecule has 6 nitrogen and oxygen atoms in total. The van der Waals surface area contributed by atoms with Crippen molar-refractivity contribution >= 4 is 17.6 Å². The summed E-state index contributed by atoms with van der Waals surface area (Å²) in [6.45, 7) is 0.642. The lowest BCUT2D eigenvalue weighted by Gasteiger charge is -1.98. The zero-order valence-electron chi connectivity index (χ0n) is 8.80. The van der Waals surface area contributed by atoms with E-state index >= 15 is 0 Å². The van der Waals surface area contributed by atoms with Crippen LogP contribution in [-0.2, 0) is 0 Å². The lowest BCUT2D eigenvalue weighted by molar-refractivity contribution is -0.384. The van der Waals surface area contributed by atoms with Crippen LogP contribution in [0.5, 0.6) is 0 Å². The molecular weight excluding hydrogens is 208 g/mol. The van der Waals surface area contributed by atoms with Gasteiger partial charge in [-0.2, -0.15) is 5.10 Å². The largest absolute Gasteiger partial charge is 0.330 e. The predicted molar refractivity (Wildman–Crippen MR) is 63.5 cm³/mol. The van der Waals surface area contributed by atoms with Crippen molar-refractivity contribution in [1.82, 2.24) is 0 Å². The summed E-state index contributed by atoms with van der Waals surface area (Å²) < 4.78 is 0. The van der Waals surface area contributed by atoms with Gasteiger partial charge in [-0.05, 0) is 31.5 Å². The molecule has 1 aromatic carbocycles. The molecule has 0 aliphatic carbocycles. The Morgan fingerprint density at radius 1 is 1.44 bits per heavy atom. The quantitative estimate of drug-likeness (QED) is 0.331. The van der Waals surface area contributed by atoms with Gasteiger partial charge in [0, 0.05) is 18.3 Å². The van der Waals surface area contributed by atoms with Crippen LogP contribution in [0.2, 0.25) is 0 Å². The van der Waals surface area contributed by atoms with Gasteiger partial charge >= 0.3 is 0 Å². The van der Waals surface area contributed by atoms with Gasteiger partial charge in [0.15, 0.2) is 0 Å². The molecule has 0 saturated carbocycles. The normalized spacial score (nSPS) is 10.6. The highest BCUT2D eigenvalue weighted by Crippen LogP contribution is 2.14. The number of anilines is 1. The van der Waals surface area contributed by atoms with Gasteiger partial charge in [-0.15, -0.1) is 0 Å². The fourth-order valence-electron chi connectivity index (χ4n) is 1.05. The van der Waals surface area contributed by atoms with E-state index in [1.165, 1.54) is 12.1 Å². The summed E-state index contributed by atoms with van der Waals surface area (Å²) in [7, 11) is 0. The summed E-state index contributed by atoms with van der Waals surface area (Å²) in [5, 5.41) is 14.3. The van der Waals surface area contributed by atoms with Gasteiger partial charge in [0.05, 0.1) is 10.6 Å². The third-order valence-corrected chi connectivity index (χ3v) is 1.90. The maximum absolute atomic E-state index is 10.4. The van der Waals surface area contributed by atoms with Crippen molar-refractivity contribution in [1.29, 1.82) is 0 Å². The SMILES string of the molecule is NCCC/C=N/Nc1ccc([N+](=O)[O-])cc1. The first-order valence-corrected chi connectivity index (χ1v) is 4.96. The Labute approximate surface area is 93.3 Å². The van der Waals surface area contributed by atoms with Crippen molar-refractivity contribution < 1.29 is 4.92 Å². The molecule has 6 heteroatoms. The van der Waals surface area contributed by atoms with Crippen molar-refractivity contribution in [2.24, 2.45) is 10.8 Å². The first kappa shape index (κ1) is 12.1. The Morgan fingerprint density at radius 2 is 2.12 bits per heavy atom. The van der Waals surface area contributed by atoms with Gasteiger partial charge in [0.1, 0.15) is 0 Å². The third-order valence-electron chi connectivity index (χ3n) is 1.90. The molecule has 1 aromatic rings. The van der Waals surface area contributed by atoms with Gasteiger partial charge in [-0.25, -0.2) is 0 Å². The summed E-state index contributed by atoms with van der Waals surface area (Å²) in [5.74, 6) is 0. The highest BCUT2D eigenvalue weighted by molar-refractivity contribution is 5.59. The fourth-order valence-corrected chi connectivity index (χ4v) is 1.05. The molecule has 0 amide bonds. The molecule has 0 bridgehead atoms. The first-order valence-electron chi connectivity index (χ1n) is 4.96. The molecular formula is C10H14N4O2. The molecule has 0 aliphatic rings. The first-order chi connectivity index (χ1) is 7.74. The maximum Gasteiger partial charge on any atom is 0.269 e. The van der Waals surface area contributed by atoms with Gasteiger partial charge < -0.3 is 5.73 Å². The molecule has 3 N–H and O–H groups in total. The monoisotopic (exact) mass is 222 g/mol. The highest BCUT2D eigenvalue weighted by atomic mass is 16.6. The number of nitro benzene ring substituents is 1. The molecule has 0 fully saturated rings. The molecule has 0 atom stereocenters. The van der Waals surface area contributed by atoms with Crippen LogP contribution in [0.4, 0.5) is 11.4 Å². The van der Waals surface area contributed by atoms with Crippen LogP contribution < -0.4 is 11.2 Å². The molecule has 0 aromatic heterocycles. The van der Waals surface area contributed by atoms with Gasteiger partial charge in [0.25, 0.3) is 5.69 Å². The Kier molecular flexibility index (Phi) is 4.94. The number of unbranched alkanes of at least 4 members (excludes halogenated alkanes) is 1. The van der Waals surface area contributed by atoms with E-state index in [4.69, 9.17) is 5.73 Å². The number of benzene rings is 1. The topological polar surface area (TPSA) is 93.5 Å². The molecule has 0 unspecified atom stereocenters. The number of rotatable bonds is 6. The minimum atomic E-state index is -0.436. The van der Waals surface area contributed by atoms with Crippen LogP contribution in [0, 0.1) is 10.1 Å². The summed E-state index contributed by atoms with van der Waals surface area (Å²) in [4.78, 5) is 9.95. The van der Waals surface area contributed by atoms with Crippen molar-refractivity contribution in [2.45, 2.75) is 12.8 Å². The fraction of sp³-hybridized carbons (Fsp3) is 0.300. The Morgan fingerprint density at radius 3 is 2.69 bits per heavy atom. The molecule has 16 heavy (non-hydrogen) atoms. The standard InChI is InChI=1S/C10H14N4O2/c11-7-1-2-8-12-13-9-3-5-10(6-4-9)14(15)16/h3-6,8,13H,1-2,7,11H2/b12-8+. The summed E-state index contributed by atoms with van der Waals surface area (Å²) in [6.07, 6.45) is 3.44. The van der Waals surface area contributed by atoms with E-state index in [9.17, 15) is 10.1 Å². The number of hydrazone groups is 1. The van der Waals surface area contributed by atoms with Crippen LogP contribution in [0.1, 0.15) is 12.8 Å². The minimum absolute atomic E-state index is 0.0673. The van der Waals surface area contributed by atoms with E-state index in [2.05, 4.69) is 10.5 Å². The second-order valence-electron chi connectivity index (χ2n) is 3.16. The second-order valence-corrected chi connectivity index (χ2v) is 3.16. The van der Waals surface area contributed by atoms with Crippen LogP contribution in [0.25, 0.3) is 0 Å². The number of non-ortho nitro benzene ring substituents is 1. The van der Waals surface area contributed by atoms with E-state index in [1.54, 1.807) is 18.3 Å². The lowest BCUT2D eigenvalue weighted by Crippen LogP contribution is -1.98. The summed E-state index contributed by atoms with van der Waals surface area (Å²) >= 11 is 0. The Bertz CT molecular complexity index is 362. The van der Waals surface area contributed by atoms with E-state index in [1.807, 2.05) is 0 Å². The maximum atomic E-state index is 10.4. The molecule has 0 saturated heterocycles. The highest BCUT2D eigenvalue weighted by Gasteiger charge is 2.02. The average molecular weight is 222 g/mol. The molecule has 0 spiro atoms. The van der Waals surface area contributed by atoms with E-state index < -0.39 is 4.92 Å². The van der Waals surface area contributed by atoms with Gasteiger partial charge in [-0.3, -0.25) is 15.5 Å². The average Bonchev–Trinajstić information content (AvgIpc) is 2.29. The number of hydrogen-bond donors (Lipinski definition) is 2. The number of nitrogens with zero attached hydrogens (tertiary/aromatic N) is 2. The zero-order chi connectivity index (χ0) is 11.8. The molecule has 0 aliphatic heterocycles. The van der Waals surface area contributed by atoms with E-state index in [0.29, 0.717) is 6.54 Å². The molecule has 1 rings (SSSR count). The van der Waals surface area contributed by atoms with Crippen LogP contribution in [0.3, 0.4) is 0 Å². The number of nitro groups is 1. The van der Waals surface area contributed by atoms with Crippen LogP contribution >= 0.6 is 0 Å². The minimum Gasteiger partial charge on any atom is -0.330 e. The van der Waals surface area contributed by atoms with Crippen LogP contribution in [-0.4, -0.2) is 17.7 Å². The van der Waals surface area contributed by atoms with Crippen molar-refractivity contribution in [2.75, 3.05) is 12.0 Å². The van der Waals surface area contributed by atoms with E-state index in [-0.39, 0.29) is 5.69 Å². The van der Waals surface area contributed by atoms with Crippen molar-refractivity contribution in [3.8, 4) is 0 Å². The Hall–Kier alpha value is -1.95. The molecule has 0 radical (unpaired) electrons. The smallest absolute Gasteiger partial charge is 0.269 e. The van der Waals surface area contributed by atoms with Crippen LogP contribution in [0.15, 0.2) is 29.4 Å². The lowest BCUT2D eigenvalue weighted by atomic mass is 10.3. The number of nitrogens with one attached hydrogen (secondary N) is 1. The summed E-state index contributed by atoms with van der Waals surface area (Å²) in [5.41, 5.74) is 8.88. The summed E-state index contributed by atoms with van der Waals surface area (Å²) in [6, 6.07) is 6.08. The Balaban J connectivity index is 2.43. The third kappa shape index (κ3) is 4.05. The number of nitrogens with two attached hydrogens (primary N) is 1.